The van der Waals surface area contributed by atoms with E-state index in [1.165, 1.54) is 26.2 Å². The van der Waals surface area contributed by atoms with Gasteiger partial charge in [0, 0.05) is 18.7 Å². The number of carbonyl (C=O) groups is 1. The van der Waals surface area contributed by atoms with E-state index in [4.69, 9.17) is 0 Å². The first-order chi connectivity index (χ1) is 8.24. The molecule has 0 atom stereocenters. The molecule has 1 heterocycles. The molecule has 0 bridgehead atoms. The van der Waals surface area contributed by atoms with Crippen LogP contribution in [0.4, 0.5) is 5.69 Å². The fourth-order valence-electron chi connectivity index (χ4n) is 2.27. The van der Waals surface area contributed by atoms with Crippen molar-refractivity contribution in [2.75, 3.05) is 5.32 Å². The summed E-state index contributed by atoms with van der Waals surface area (Å²) in [6.45, 7) is 1.51. The van der Waals surface area contributed by atoms with Crippen LogP contribution < -0.4 is 5.32 Å². The number of rotatable bonds is 2. The average molecular weight is 229 g/mol. The number of amides is 1. The van der Waals surface area contributed by atoms with Crippen molar-refractivity contribution < 1.29 is 4.79 Å². The van der Waals surface area contributed by atoms with Crippen molar-refractivity contribution in [2.24, 2.45) is 0 Å². The van der Waals surface area contributed by atoms with E-state index < -0.39 is 0 Å². The Morgan fingerprint density at radius 3 is 2.94 bits per heavy atom. The summed E-state index contributed by atoms with van der Waals surface area (Å²) < 4.78 is 2.25. The zero-order valence-electron chi connectivity index (χ0n) is 9.81. The highest BCUT2D eigenvalue weighted by Gasteiger charge is 2.20. The second-order valence-electron chi connectivity index (χ2n) is 4.62. The monoisotopic (exact) mass is 229 g/mol. The molecule has 88 valence electrons. The Balaban J connectivity index is 1.98. The topological polar surface area (TPSA) is 46.9 Å². The SMILES string of the molecule is CC(=O)Nc1ccc2c(c1)ncn2C1CCC1. The van der Waals surface area contributed by atoms with Crippen LogP contribution in [-0.4, -0.2) is 15.5 Å². The van der Waals surface area contributed by atoms with Crippen LogP contribution in [0.15, 0.2) is 24.5 Å². The van der Waals surface area contributed by atoms with Gasteiger partial charge in [-0.3, -0.25) is 4.79 Å². The van der Waals surface area contributed by atoms with Gasteiger partial charge in [-0.15, -0.1) is 0 Å². The molecule has 1 aromatic heterocycles. The van der Waals surface area contributed by atoms with Crippen LogP contribution in [0.2, 0.25) is 0 Å². The lowest BCUT2D eigenvalue weighted by molar-refractivity contribution is -0.114. The molecule has 2 aromatic rings. The van der Waals surface area contributed by atoms with Crippen molar-refractivity contribution in [3.8, 4) is 0 Å². The van der Waals surface area contributed by atoms with E-state index in [0.29, 0.717) is 6.04 Å². The Bertz CT molecular complexity index is 569. The molecule has 1 saturated carbocycles. The summed E-state index contributed by atoms with van der Waals surface area (Å²) in [7, 11) is 0. The number of hydrogen-bond acceptors (Lipinski definition) is 2. The van der Waals surface area contributed by atoms with Crippen LogP contribution in [0, 0.1) is 0 Å². The van der Waals surface area contributed by atoms with Gasteiger partial charge in [0.1, 0.15) is 0 Å². The second kappa shape index (κ2) is 3.87. The predicted molar refractivity (Wildman–Crippen MR) is 66.9 cm³/mol. The minimum Gasteiger partial charge on any atom is -0.327 e. The van der Waals surface area contributed by atoms with Gasteiger partial charge >= 0.3 is 0 Å². The Kier molecular flexibility index (Phi) is 2.35. The fraction of sp³-hybridized carbons (Fsp3) is 0.385. The first-order valence-corrected chi connectivity index (χ1v) is 5.98. The van der Waals surface area contributed by atoms with Gasteiger partial charge < -0.3 is 9.88 Å². The van der Waals surface area contributed by atoms with Crippen molar-refractivity contribution >= 4 is 22.6 Å². The number of nitrogens with one attached hydrogen (secondary N) is 1. The molecule has 4 heteroatoms. The van der Waals surface area contributed by atoms with Gasteiger partial charge in [0.25, 0.3) is 0 Å². The molecule has 0 spiro atoms. The van der Waals surface area contributed by atoms with E-state index in [1.54, 1.807) is 0 Å². The summed E-state index contributed by atoms with van der Waals surface area (Å²) in [6, 6.07) is 6.50. The predicted octanol–water partition coefficient (Wildman–Crippen LogP) is 2.72. The highest BCUT2D eigenvalue weighted by atomic mass is 16.1. The summed E-state index contributed by atoms with van der Waals surface area (Å²) in [6.07, 6.45) is 5.72. The molecule has 0 saturated heterocycles. The molecule has 1 aliphatic carbocycles. The number of anilines is 1. The van der Waals surface area contributed by atoms with E-state index in [1.807, 2.05) is 24.5 Å². The molecular formula is C13H15N3O. The summed E-state index contributed by atoms with van der Waals surface area (Å²) in [5, 5.41) is 2.78. The summed E-state index contributed by atoms with van der Waals surface area (Å²) in [4.78, 5) is 15.4. The first-order valence-electron chi connectivity index (χ1n) is 5.98. The van der Waals surface area contributed by atoms with Crippen LogP contribution in [0.1, 0.15) is 32.2 Å². The highest BCUT2D eigenvalue weighted by Crippen LogP contribution is 2.34. The van der Waals surface area contributed by atoms with E-state index >= 15 is 0 Å². The van der Waals surface area contributed by atoms with Crippen molar-refractivity contribution in [1.29, 1.82) is 0 Å². The third-order valence-electron chi connectivity index (χ3n) is 3.36. The molecule has 1 aliphatic rings. The molecule has 1 fully saturated rings. The first kappa shape index (κ1) is 10.3. The Morgan fingerprint density at radius 1 is 1.47 bits per heavy atom. The average Bonchev–Trinajstić information content (AvgIpc) is 2.58. The normalized spacial score (nSPS) is 15.8. The lowest BCUT2D eigenvalue weighted by Gasteiger charge is -2.27. The van der Waals surface area contributed by atoms with Gasteiger partial charge in [-0.2, -0.15) is 0 Å². The number of imidazole rings is 1. The van der Waals surface area contributed by atoms with Crippen LogP contribution >= 0.6 is 0 Å². The third kappa shape index (κ3) is 1.79. The molecular weight excluding hydrogens is 214 g/mol. The molecule has 0 aliphatic heterocycles. The van der Waals surface area contributed by atoms with Crippen LogP contribution in [0.3, 0.4) is 0 Å². The molecule has 4 nitrogen and oxygen atoms in total. The molecule has 0 radical (unpaired) electrons. The lowest BCUT2D eigenvalue weighted by atomic mass is 9.93. The minimum absolute atomic E-state index is 0.0530. The largest absolute Gasteiger partial charge is 0.327 e. The summed E-state index contributed by atoms with van der Waals surface area (Å²) in [5.74, 6) is -0.0530. The van der Waals surface area contributed by atoms with Gasteiger partial charge in [-0.25, -0.2) is 4.98 Å². The number of carbonyl (C=O) groups excluding carboxylic acids is 1. The molecule has 1 aromatic carbocycles. The van der Waals surface area contributed by atoms with E-state index in [0.717, 1.165) is 16.7 Å². The fourth-order valence-corrected chi connectivity index (χ4v) is 2.27. The standard InChI is InChI=1S/C13H15N3O/c1-9(17)15-10-5-6-13-12(7-10)14-8-16(13)11-3-2-4-11/h5-8,11H,2-4H2,1H3,(H,15,17). The maximum Gasteiger partial charge on any atom is 0.221 e. The lowest BCUT2D eigenvalue weighted by Crippen LogP contribution is -2.15. The zero-order valence-corrected chi connectivity index (χ0v) is 9.81. The van der Waals surface area contributed by atoms with Gasteiger partial charge in [-0.1, -0.05) is 0 Å². The van der Waals surface area contributed by atoms with Crippen molar-refractivity contribution in [3.05, 3.63) is 24.5 Å². The summed E-state index contributed by atoms with van der Waals surface area (Å²) >= 11 is 0. The molecule has 0 unspecified atom stereocenters. The third-order valence-corrected chi connectivity index (χ3v) is 3.36. The smallest absolute Gasteiger partial charge is 0.221 e. The molecule has 1 amide bonds. The Hall–Kier alpha value is -1.84. The maximum atomic E-state index is 11.0. The van der Waals surface area contributed by atoms with Crippen LogP contribution in [0.5, 0.6) is 0 Å². The Morgan fingerprint density at radius 2 is 2.29 bits per heavy atom. The number of fused-ring (bicyclic) bond motifs is 1. The maximum absolute atomic E-state index is 11.0. The van der Waals surface area contributed by atoms with Crippen molar-refractivity contribution in [2.45, 2.75) is 32.2 Å². The van der Waals surface area contributed by atoms with Gasteiger partial charge in [-0.05, 0) is 37.5 Å². The minimum atomic E-state index is -0.0530. The number of aromatic nitrogens is 2. The van der Waals surface area contributed by atoms with Gasteiger partial charge in [0.2, 0.25) is 5.91 Å². The van der Waals surface area contributed by atoms with E-state index in [-0.39, 0.29) is 5.91 Å². The van der Waals surface area contributed by atoms with Crippen LogP contribution in [-0.2, 0) is 4.79 Å². The highest BCUT2D eigenvalue weighted by molar-refractivity contribution is 5.91. The van der Waals surface area contributed by atoms with Gasteiger partial charge in [0.05, 0.1) is 17.4 Å². The van der Waals surface area contributed by atoms with Crippen LogP contribution in [0.25, 0.3) is 11.0 Å². The van der Waals surface area contributed by atoms with E-state index in [9.17, 15) is 4.79 Å². The number of hydrogen-bond donors (Lipinski definition) is 1. The van der Waals surface area contributed by atoms with Gasteiger partial charge in [0.15, 0.2) is 0 Å². The van der Waals surface area contributed by atoms with Crippen molar-refractivity contribution in [1.82, 2.24) is 9.55 Å². The van der Waals surface area contributed by atoms with E-state index in [2.05, 4.69) is 14.9 Å². The molecule has 17 heavy (non-hydrogen) atoms. The second-order valence-corrected chi connectivity index (χ2v) is 4.62. The molecule has 1 N–H and O–H groups in total. The Labute approximate surface area is 99.6 Å². The zero-order chi connectivity index (χ0) is 11.8. The number of benzene rings is 1. The number of nitrogens with zero attached hydrogens (tertiary/aromatic N) is 2. The van der Waals surface area contributed by atoms with Crippen molar-refractivity contribution in [3.63, 3.8) is 0 Å². The summed E-state index contributed by atoms with van der Waals surface area (Å²) in [5.41, 5.74) is 2.91. The quantitative estimate of drug-likeness (QED) is 0.860. The molecule has 3 rings (SSSR count).